The van der Waals surface area contributed by atoms with Crippen LogP contribution in [0.15, 0.2) is 109 Å². The number of nitriles is 4. The van der Waals surface area contributed by atoms with Crippen molar-refractivity contribution >= 4 is 23.6 Å². The van der Waals surface area contributed by atoms with E-state index < -0.39 is 35.6 Å². The molecule has 0 aliphatic rings. The number of anilines is 2. The molecule has 4 aromatic carbocycles. The molecule has 6 rings (SSSR count). The van der Waals surface area contributed by atoms with Gasteiger partial charge in [-0.1, -0.05) is 24.3 Å². The number of amides is 2. The number of aliphatic hydroxyl groups excluding tert-OH is 2. The lowest BCUT2D eigenvalue weighted by atomic mass is 10.0. The van der Waals surface area contributed by atoms with Gasteiger partial charge in [0, 0.05) is 41.2 Å². The number of nitrogens with zero attached hydrogens (tertiary/aromatic N) is 8. The molecule has 0 spiro atoms. The van der Waals surface area contributed by atoms with E-state index in [1.807, 2.05) is 12.1 Å². The Bertz CT molecular complexity index is 3170. The van der Waals surface area contributed by atoms with Crippen LogP contribution in [-0.2, 0) is 35.8 Å². The zero-order valence-corrected chi connectivity index (χ0v) is 43.7. The third kappa shape index (κ3) is 15.7. The van der Waals surface area contributed by atoms with Crippen LogP contribution in [0.2, 0.25) is 0 Å². The number of rotatable bonds is 14. The Morgan fingerprint density at radius 3 is 1.43 bits per heavy atom. The Balaban J connectivity index is 0.000000277. The number of carbonyl (C=O) groups excluding carboxylic acids is 2. The van der Waals surface area contributed by atoms with Crippen LogP contribution in [0.3, 0.4) is 0 Å². The van der Waals surface area contributed by atoms with Crippen molar-refractivity contribution in [3.05, 3.63) is 182 Å². The molecule has 2 unspecified atom stereocenters. The summed E-state index contributed by atoms with van der Waals surface area (Å²) in [5.74, 6) is 0.609. The fraction of sp³-hybridized carbons (Fsp3) is 0.310. The molecule has 6 aromatic rings. The van der Waals surface area contributed by atoms with E-state index >= 15 is 0 Å². The molecule has 2 amide bonds. The van der Waals surface area contributed by atoms with Crippen LogP contribution in [0.4, 0.5) is 21.0 Å². The van der Waals surface area contributed by atoms with E-state index in [-0.39, 0.29) is 37.7 Å². The first-order valence-corrected chi connectivity index (χ1v) is 23.8. The molecule has 0 fully saturated rings. The van der Waals surface area contributed by atoms with Crippen molar-refractivity contribution in [3.63, 3.8) is 0 Å². The van der Waals surface area contributed by atoms with Crippen LogP contribution >= 0.6 is 0 Å². The van der Waals surface area contributed by atoms with Crippen molar-refractivity contribution < 1.29 is 43.5 Å². The van der Waals surface area contributed by atoms with Gasteiger partial charge in [0.15, 0.2) is 11.9 Å². The maximum atomic E-state index is 13.2. The Kier molecular flexibility index (Phi) is 19.0. The average Bonchev–Trinajstić information content (AvgIpc) is 3.36. The predicted octanol–water partition coefficient (Wildman–Crippen LogP) is 10.7. The molecule has 17 nitrogen and oxygen atoms in total. The monoisotopic (exact) mass is 1010 g/mol. The summed E-state index contributed by atoms with van der Waals surface area (Å²) in [7, 11) is 0. The minimum absolute atomic E-state index is 0.0502. The molecular formula is C58H60N8O9. The van der Waals surface area contributed by atoms with Crippen LogP contribution in [-0.4, -0.2) is 38.6 Å². The standard InChI is InChI=1S/C29H30N4O5.C29H30N4O4/c1-19-27(37-18-23-8-6-7-22(13-23)15-31)26(20(2)34)24(17-33(19)36)16-32(28(35)38-29(3,4)5)25-11-9-21(14-30)10-12-25;1-19-27(36-18-23-8-6-7-22(13-23)15-31)26(20(2)34)24(16-32-19)17-33(28(35)37-29(3,4)5)25-11-9-21(14-30)10-12-25/h6-13,17,20,34H,16,18H2,1-5H3;6-13,16,20,34H,17-18H2,1-5H3. The number of hydrogen-bond donors (Lipinski definition) is 2. The number of aromatic nitrogens is 2. The number of aryl methyl sites for hydroxylation is 1. The van der Waals surface area contributed by atoms with Crippen molar-refractivity contribution in [1.29, 1.82) is 21.0 Å². The summed E-state index contributed by atoms with van der Waals surface area (Å²) in [5, 5.41) is 71.1. The van der Waals surface area contributed by atoms with Crippen molar-refractivity contribution in [2.24, 2.45) is 0 Å². The largest absolute Gasteiger partial charge is 0.618 e. The van der Waals surface area contributed by atoms with Gasteiger partial charge in [0.05, 0.1) is 77.5 Å². The molecule has 17 heteroatoms. The van der Waals surface area contributed by atoms with Crippen molar-refractivity contribution in [1.82, 2.24) is 4.98 Å². The lowest BCUT2D eigenvalue weighted by Gasteiger charge is -2.29. The van der Waals surface area contributed by atoms with Gasteiger partial charge in [-0.15, -0.1) is 0 Å². The summed E-state index contributed by atoms with van der Waals surface area (Å²) < 4.78 is 24.0. The first kappa shape index (κ1) is 56.9. The van der Waals surface area contributed by atoms with Gasteiger partial charge in [-0.3, -0.25) is 14.8 Å². The summed E-state index contributed by atoms with van der Waals surface area (Å²) in [4.78, 5) is 33.7. The number of aliphatic hydroxyl groups is 2. The van der Waals surface area contributed by atoms with Gasteiger partial charge in [0.2, 0.25) is 5.69 Å². The van der Waals surface area contributed by atoms with Gasteiger partial charge in [-0.25, -0.2) is 9.59 Å². The minimum Gasteiger partial charge on any atom is -0.618 e. The molecule has 386 valence electrons. The van der Waals surface area contributed by atoms with Crippen LogP contribution < -0.4 is 24.0 Å². The molecule has 2 heterocycles. The second-order valence-electron chi connectivity index (χ2n) is 19.4. The van der Waals surface area contributed by atoms with Gasteiger partial charge in [-0.2, -0.15) is 25.8 Å². The van der Waals surface area contributed by atoms with Gasteiger partial charge in [0.25, 0.3) is 0 Å². The topological polar surface area (TPSA) is 253 Å². The molecule has 0 radical (unpaired) electrons. The summed E-state index contributed by atoms with van der Waals surface area (Å²) in [6.45, 7) is 17.3. The van der Waals surface area contributed by atoms with E-state index in [2.05, 4.69) is 23.2 Å². The maximum absolute atomic E-state index is 13.2. The first-order chi connectivity index (χ1) is 35.4. The Morgan fingerprint density at radius 1 is 0.627 bits per heavy atom. The minimum atomic E-state index is -1.04. The molecule has 0 bridgehead atoms. The number of ether oxygens (including phenoxy) is 4. The Labute approximate surface area is 437 Å². The fourth-order valence-corrected chi connectivity index (χ4v) is 7.63. The van der Waals surface area contributed by atoms with Crippen LogP contribution in [0.1, 0.15) is 135 Å². The molecular weight excluding hydrogens is 953 g/mol. The van der Waals surface area contributed by atoms with E-state index in [0.29, 0.717) is 72.1 Å². The van der Waals surface area contributed by atoms with Crippen LogP contribution in [0.25, 0.3) is 0 Å². The molecule has 0 saturated heterocycles. The molecule has 0 aliphatic heterocycles. The quantitative estimate of drug-likeness (QED) is 0.0760. The molecule has 2 N–H and O–H groups in total. The van der Waals surface area contributed by atoms with E-state index in [1.54, 1.807) is 166 Å². The molecule has 75 heavy (non-hydrogen) atoms. The highest BCUT2D eigenvalue weighted by Gasteiger charge is 2.31. The van der Waals surface area contributed by atoms with Crippen molar-refractivity contribution in [2.45, 2.75) is 119 Å². The zero-order valence-electron chi connectivity index (χ0n) is 43.7. The number of benzene rings is 4. The van der Waals surface area contributed by atoms with Crippen LogP contribution in [0.5, 0.6) is 11.5 Å². The van der Waals surface area contributed by atoms with Gasteiger partial charge < -0.3 is 34.4 Å². The number of carbonyl (C=O) groups is 2. The Morgan fingerprint density at radius 2 is 1.03 bits per heavy atom. The predicted molar refractivity (Wildman–Crippen MR) is 279 cm³/mol. The second-order valence-corrected chi connectivity index (χ2v) is 19.4. The van der Waals surface area contributed by atoms with E-state index in [4.69, 9.17) is 29.5 Å². The van der Waals surface area contributed by atoms with E-state index in [1.165, 1.54) is 16.0 Å². The smallest absolute Gasteiger partial charge is 0.415 e. The highest BCUT2D eigenvalue weighted by molar-refractivity contribution is 5.89. The number of pyridine rings is 2. The molecule has 2 atom stereocenters. The zero-order chi connectivity index (χ0) is 55.2. The lowest BCUT2D eigenvalue weighted by molar-refractivity contribution is -0.613. The van der Waals surface area contributed by atoms with Gasteiger partial charge >= 0.3 is 12.2 Å². The molecule has 2 aromatic heterocycles. The van der Waals surface area contributed by atoms with Crippen molar-refractivity contribution in [3.8, 4) is 35.8 Å². The fourth-order valence-electron chi connectivity index (χ4n) is 7.63. The normalized spacial score (nSPS) is 11.7. The summed E-state index contributed by atoms with van der Waals surface area (Å²) in [6, 6.07) is 35.3. The lowest BCUT2D eigenvalue weighted by Crippen LogP contribution is -2.38. The summed E-state index contributed by atoms with van der Waals surface area (Å²) >= 11 is 0. The maximum Gasteiger partial charge on any atom is 0.415 e. The average molecular weight is 1010 g/mol. The van der Waals surface area contributed by atoms with E-state index in [0.717, 1.165) is 11.1 Å². The third-order valence-corrected chi connectivity index (χ3v) is 11.1. The van der Waals surface area contributed by atoms with Crippen LogP contribution in [0, 0.1) is 64.4 Å². The Hall–Kier alpha value is -9.00. The van der Waals surface area contributed by atoms with Crippen molar-refractivity contribution in [2.75, 3.05) is 9.80 Å². The van der Waals surface area contributed by atoms with E-state index in [9.17, 15) is 35.5 Å². The van der Waals surface area contributed by atoms with Gasteiger partial charge in [0.1, 0.15) is 30.2 Å². The SMILES string of the molecule is Cc1c(OCc2cccc(C#N)c2)c(C(C)O)c(CN(C(=O)OC(C)(C)C)c2ccc(C#N)cc2)c[n+]1[O-].Cc1ncc(CN(C(=O)OC(C)(C)C)c2ccc(C#N)cc2)c(C(C)O)c1OCc1cccc(C#N)c1. The first-order valence-electron chi connectivity index (χ1n) is 23.8. The number of hydrogen-bond acceptors (Lipinski definition) is 14. The highest BCUT2D eigenvalue weighted by atomic mass is 16.6. The highest BCUT2D eigenvalue weighted by Crippen LogP contribution is 2.35. The third-order valence-electron chi connectivity index (χ3n) is 11.1. The van der Waals surface area contributed by atoms with Gasteiger partial charge in [-0.05, 0) is 152 Å². The summed E-state index contributed by atoms with van der Waals surface area (Å²) in [6.07, 6.45) is -0.272. The molecule has 0 aliphatic carbocycles. The second kappa shape index (κ2) is 25.1. The molecule has 0 saturated carbocycles. The summed E-state index contributed by atoms with van der Waals surface area (Å²) in [5.41, 5.74) is 5.48.